The Morgan fingerprint density at radius 2 is 2.11 bits per heavy atom. The maximum absolute atomic E-state index is 11.3. The molecule has 0 spiro atoms. The van der Waals surface area contributed by atoms with Crippen molar-refractivity contribution in [1.82, 2.24) is 4.90 Å². The van der Waals surface area contributed by atoms with Gasteiger partial charge in [-0.3, -0.25) is 9.69 Å². The van der Waals surface area contributed by atoms with Gasteiger partial charge in [-0.15, -0.1) is 0 Å². The maximum Gasteiger partial charge on any atom is 0.310 e. The molecule has 4 heteroatoms. The minimum Gasteiger partial charge on any atom is -0.481 e. The second-order valence-electron chi connectivity index (χ2n) is 4.97. The van der Waals surface area contributed by atoms with Crippen molar-refractivity contribution < 1.29 is 14.6 Å². The summed E-state index contributed by atoms with van der Waals surface area (Å²) < 4.78 is 5.38. The Labute approximate surface area is 114 Å². The van der Waals surface area contributed by atoms with E-state index in [4.69, 9.17) is 4.74 Å². The van der Waals surface area contributed by atoms with E-state index in [2.05, 4.69) is 30.9 Å². The van der Waals surface area contributed by atoms with E-state index < -0.39 is 11.9 Å². The van der Waals surface area contributed by atoms with Gasteiger partial charge in [-0.2, -0.15) is 0 Å². The number of likely N-dealkylation sites (N-methyl/N-ethyl adjacent to an activating group) is 1. The van der Waals surface area contributed by atoms with Crippen LogP contribution in [0.4, 0.5) is 0 Å². The standard InChI is InChI=1S/C15H21NO3/c1-3-16(11(2)12-7-5-4-6-8-12)14-10-19-9-13(14)15(17)18/h4-8,11,13-14H,3,9-10H2,1-2H3,(H,17,18). The van der Waals surface area contributed by atoms with E-state index in [1.54, 1.807) is 0 Å². The Hall–Kier alpha value is -1.39. The first-order chi connectivity index (χ1) is 9.15. The van der Waals surface area contributed by atoms with E-state index in [0.29, 0.717) is 13.2 Å². The smallest absolute Gasteiger partial charge is 0.310 e. The molecule has 1 aromatic rings. The van der Waals surface area contributed by atoms with E-state index in [-0.39, 0.29) is 12.1 Å². The summed E-state index contributed by atoms with van der Waals surface area (Å²) in [6.07, 6.45) is 0. The Balaban J connectivity index is 2.17. The van der Waals surface area contributed by atoms with Crippen molar-refractivity contribution in [1.29, 1.82) is 0 Å². The number of ether oxygens (including phenoxy) is 1. The summed E-state index contributed by atoms with van der Waals surface area (Å²) in [7, 11) is 0. The summed E-state index contributed by atoms with van der Waals surface area (Å²) in [5.74, 6) is -1.19. The van der Waals surface area contributed by atoms with Crippen molar-refractivity contribution in [3.63, 3.8) is 0 Å². The highest BCUT2D eigenvalue weighted by Gasteiger charge is 2.39. The number of hydrogen-bond donors (Lipinski definition) is 1. The van der Waals surface area contributed by atoms with Gasteiger partial charge < -0.3 is 9.84 Å². The molecule has 1 aliphatic rings. The van der Waals surface area contributed by atoms with Gasteiger partial charge in [0.1, 0.15) is 0 Å². The average molecular weight is 263 g/mol. The monoisotopic (exact) mass is 263 g/mol. The van der Waals surface area contributed by atoms with Gasteiger partial charge in [-0.25, -0.2) is 0 Å². The molecule has 19 heavy (non-hydrogen) atoms. The quantitative estimate of drug-likeness (QED) is 0.884. The number of nitrogens with zero attached hydrogens (tertiary/aromatic N) is 1. The lowest BCUT2D eigenvalue weighted by Crippen LogP contribution is -2.44. The number of aliphatic carboxylic acids is 1. The summed E-state index contributed by atoms with van der Waals surface area (Å²) >= 11 is 0. The largest absolute Gasteiger partial charge is 0.481 e. The van der Waals surface area contributed by atoms with Crippen LogP contribution in [0.25, 0.3) is 0 Å². The Bertz CT molecular complexity index is 421. The minimum absolute atomic E-state index is 0.0438. The fraction of sp³-hybridized carbons (Fsp3) is 0.533. The van der Waals surface area contributed by atoms with Crippen LogP contribution in [-0.4, -0.2) is 41.8 Å². The van der Waals surface area contributed by atoms with Crippen LogP contribution < -0.4 is 0 Å². The van der Waals surface area contributed by atoms with Crippen molar-refractivity contribution in [3.8, 4) is 0 Å². The normalized spacial score (nSPS) is 24.6. The first kappa shape index (κ1) is 14.0. The molecule has 1 aliphatic heterocycles. The van der Waals surface area contributed by atoms with E-state index in [1.165, 1.54) is 5.56 Å². The molecule has 0 bridgehead atoms. The van der Waals surface area contributed by atoms with Crippen LogP contribution in [0.2, 0.25) is 0 Å². The van der Waals surface area contributed by atoms with Crippen LogP contribution in [0.3, 0.4) is 0 Å². The molecule has 1 saturated heterocycles. The van der Waals surface area contributed by atoms with Crippen molar-refractivity contribution in [3.05, 3.63) is 35.9 Å². The number of benzene rings is 1. The molecule has 4 nitrogen and oxygen atoms in total. The Morgan fingerprint density at radius 1 is 1.42 bits per heavy atom. The molecule has 1 N–H and O–H groups in total. The first-order valence-corrected chi connectivity index (χ1v) is 6.76. The van der Waals surface area contributed by atoms with Crippen molar-refractivity contribution >= 4 is 5.97 Å². The molecule has 0 amide bonds. The van der Waals surface area contributed by atoms with Crippen molar-refractivity contribution in [2.75, 3.05) is 19.8 Å². The van der Waals surface area contributed by atoms with Crippen molar-refractivity contribution in [2.45, 2.75) is 25.9 Å². The predicted octanol–water partition coefficient (Wildman–Crippen LogP) is 2.17. The molecular formula is C15H21NO3. The Kier molecular flexibility index (Phi) is 4.56. The topological polar surface area (TPSA) is 49.8 Å². The molecule has 0 saturated carbocycles. The highest BCUT2D eigenvalue weighted by molar-refractivity contribution is 5.71. The molecule has 0 aromatic heterocycles. The summed E-state index contributed by atoms with van der Waals surface area (Å²) in [5.41, 5.74) is 1.21. The molecular weight excluding hydrogens is 242 g/mol. The molecule has 1 fully saturated rings. The van der Waals surface area contributed by atoms with Gasteiger partial charge in [0.15, 0.2) is 0 Å². The number of carboxylic acid groups (broad SMARTS) is 1. The second kappa shape index (κ2) is 6.17. The van der Waals surface area contributed by atoms with Crippen LogP contribution in [-0.2, 0) is 9.53 Å². The number of carboxylic acids is 1. The summed E-state index contributed by atoms with van der Waals surface area (Å²) in [5, 5.41) is 9.27. The lowest BCUT2D eigenvalue weighted by atomic mass is 9.98. The SMILES string of the molecule is CCN(C(C)c1ccccc1)C1COCC1C(=O)O. The van der Waals surface area contributed by atoms with E-state index in [0.717, 1.165) is 6.54 Å². The summed E-state index contributed by atoms with van der Waals surface area (Å²) in [6, 6.07) is 10.3. The summed E-state index contributed by atoms with van der Waals surface area (Å²) in [4.78, 5) is 13.5. The third-order valence-corrected chi connectivity index (χ3v) is 3.94. The Morgan fingerprint density at radius 3 is 2.68 bits per heavy atom. The second-order valence-corrected chi connectivity index (χ2v) is 4.97. The van der Waals surface area contributed by atoms with Gasteiger partial charge in [0, 0.05) is 12.1 Å². The van der Waals surface area contributed by atoms with Gasteiger partial charge in [-0.1, -0.05) is 37.3 Å². The van der Waals surface area contributed by atoms with E-state index in [1.807, 2.05) is 18.2 Å². The van der Waals surface area contributed by atoms with Gasteiger partial charge in [0.2, 0.25) is 0 Å². The fourth-order valence-electron chi connectivity index (χ4n) is 2.82. The zero-order chi connectivity index (χ0) is 13.8. The third-order valence-electron chi connectivity index (χ3n) is 3.94. The minimum atomic E-state index is -0.763. The highest BCUT2D eigenvalue weighted by Crippen LogP contribution is 2.28. The molecule has 3 unspecified atom stereocenters. The number of rotatable bonds is 5. The first-order valence-electron chi connectivity index (χ1n) is 6.76. The van der Waals surface area contributed by atoms with Crippen LogP contribution in [0.1, 0.15) is 25.5 Å². The van der Waals surface area contributed by atoms with E-state index >= 15 is 0 Å². The fourth-order valence-corrected chi connectivity index (χ4v) is 2.82. The molecule has 1 aromatic carbocycles. The number of hydrogen-bond acceptors (Lipinski definition) is 3. The molecule has 0 radical (unpaired) electrons. The zero-order valence-electron chi connectivity index (χ0n) is 11.5. The van der Waals surface area contributed by atoms with Crippen LogP contribution >= 0.6 is 0 Å². The average Bonchev–Trinajstić information content (AvgIpc) is 2.90. The maximum atomic E-state index is 11.3. The molecule has 2 rings (SSSR count). The molecule has 1 heterocycles. The summed E-state index contributed by atoms with van der Waals surface area (Å²) in [6.45, 7) is 5.82. The predicted molar refractivity (Wildman–Crippen MR) is 73.0 cm³/mol. The zero-order valence-corrected chi connectivity index (χ0v) is 11.5. The van der Waals surface area contributed by atoms with Crippen LogP contribution in [0.15, 0.2) is 30.3 Å². The third kappa shape index (κ3) is 2.96. The van der Waals surface area contributed by atoms with E-state index in [9.17, 15) is 9.90 Å². The lowest BCUT2D eigenvalue weighted by molar-refractivity contribution is -0.143. The van der Waals surface area contributed by atoms with Gasteiger partial charge in [0.25, 0.3) is 0 Å². The molecule has 0 aliphatic carbocycles. The van der Waals surface area contributed by atoms with Gasteiger partial charge >= 0.3 is 5.97 Å². The van der Waals surface area contributed by atoms with Gasteiger partial charge in [-0.05, 0) is 19.0 Å². The van der Waals surface area contributed by atoms with Crippen molar-refractivity contribution in [2.24, 2.45) is 5.92 Å². The molecule has 3 atom stereocenters. The number of carbonyl (C=O) groups is 1. The van der Waals surface area contributed by atoms with Gasteiger partial charge in [0.05, 0.1) is 19.1 Å². The molecule has 104 valence electrons. The van der Waals surface area contributed by atoms with Crippen LogP contribution in [0, 0.1) is 5.92 Å². The highest BCUT2D eigenvalue weighted by atomic mass is 16.5. The van der Waals surface area contributed by atoms with Crippen LogP contribution in [0.5, 0.6) is 0 Å². The lowest BCUT2D eigenvalue weighted by Gasteiger charge is -2.34.